The predicted molar refractivity (Wildman–Crippen MR) is 121 cm³/mol. The second-order valence-electron chi connectivity index (χ2n) is 8.00. The van der Waals surface area contributed by atoms with Crippen LogP contribution in [0.5, 0.6) is 5.75 Å². The van der Waals surface area contributed by atoms with Crippen LogP contribution in [0.2, 0.25) is 5.02 Å². The first kappa shape index (κ1) is 20.0. The van der Waals surface area contributed by atoms with Gasteiger partial charge in [0, 0.05) is 37.4 Å². The number of hydrogen-bond donors (Lipinski definition) is 0. The Balaban J connectivity index is 1.37. The van der Waals surface area contributed by atoms with Crippen LogP contribution in [0.25, 0.3) is 0 Å². The van der Waals surface area contributed by atoms with Crippen molar-refractivity contribution in [1.82, 2.24) is 14.8 Å². The Hall–Kier alpha value is -2.89. The van der Waals surface area contributed by atoms with E-state index in [0.717, 1.165) is 36.6 Å². The van der Waals surface area contributed by atoms with Crippen molar-refractivity contribution < 1.29 is 9.53 Å². The summed E-state index contributed by atoms with van der Waals surface area (Å²) in [7, 11) is 0. The van der Waals surface area contributed by atoms with Crippen molar-refractivity contribution in [3.05, 3.63) is 94.3 Å². The number of piperazine rings is 1. The number of benzene rings is 2. The highest BCUT2D eigenvalue weighted by molar-refractivity contribution is 6.30. The SMILES string of the molecule is O=C(Oc1ccccc1)N1CCN([C@@H]2c3ccc(Cl)cc3CCc3cccnc32)CC1. The first-order valence-electron chi connectivity index (χ1n) is 10.7. The minimum absolute atomic E-state index is 0.0678. The molecule has 0 unspecified atom stereocenters. The number of rotatable bonds is 2. The summed E-state index contributed by atoms with van der Waals surface area (Å²) in [6.45, 7) is 2.75. The standard InChI is InChI=1S/C25H24ClN3O2/c26-20-10-11-22-19(17-20)9-8-18-5-4-12-27-23(18)24(22)28-13-15-29(16-14-28)25(30)31-21-6-2-1-3-7-21/h1-7,10-12,17,24H,8-9,13-16H2/t24-/m1/s1. The monoisotopic (exact) mass is 433 g/mol. The molecule has 158 valence electrons. The number of amides is 1. The van der Waals surface area contributed by atoms with Crippen LogP contribution in [0.1, 0.15) is 28.4 Å². The van der Waals surface area contributed by atoms with Crippen LogP contribution in [0.3, 0.4) is 0 Å². The van der Waals surface area contributed by atoms with E-state index in [2.05, 4.69) is 23.1 Å². The molecule has 0 N–H and O–H groups in total. The van der Waals surface area contributed by atoms with Crippen molar-refractivity contribution in [3.63, 3.8) is 0 Å². The molecule has 1 saturated heterocycles. The number of hydrogen-bond acceptors (Lipinski definition) is 4. The number of para-hydroxylation sites is 1. The zero-order valence-corrected chi connectivity index (χ0v) is 18.0. The third-order valence-corrected chi connectivity index (χ3v) is 6.37. The first-order valence-corrected chi connectivity index (χ1v) is 11.0. The summed E-state index contributed by atoms with van der Waals surface area (Å²) < 4.78 is 5.52. The van der Waals surface area contributed by atoms with Crippen LogP contribution in [0, 0.1) is 0 Å². The Bertz CT molecular complexity index is 1080. The van der Waals surface area contributed by atoms with Gasteiger partial charge in [0.05, 0.1) is 11.7 Å². The van der Waals surface area contributed by atoms with Gasteiger partial charge >= 0.3 is 6.09 Å². The van der Waals surface area contributed by atoms with Gasteiger partial charge in [0.1, 0.15) is 5.75 Å². The van der Waals surface area contributed by atoms with Gasteiger partial charge in [-0.05, 0) is 59.9 Å². The molecule has 1 aliphatic heterocycles. The summed E-state index contributed by atoms with van der Waals surface area (Å²) in [6.07, 6.45) is 3.49. The third kappa shape index (κ3) is 4.16. The maximum Gasteiger partial charge on any atom is 0.415 e. The third-order valence-electron chi connectivity index (χ3n) is 6.13. The Morgan fingerprint density at radius 2 is 1.71 bits per heavy atom. The number of aromatic nitrogens is 1. The van der Waals surface area contributed by atoms with E-state index >= 15 is 0 Å². The number of carbonyl (C=O) groups excluding carboxylic acids is 1. The van der Waals surface area contributed by atoms with Crippen LogP contribution in [0.4, 0.5) is 4.79 Å². The molecule has 5 rings (SSSR count). The van der Waals surface area contributed by atoms with Crippen molar-refractivity contribution >= 4 is 17.7 Å². The Kier molecular flexibility index (Phi) is 5.62. The van der Waals surface area contributed by atoms with Gasteiger partial charge in [0.25, 0.3) is 0 Å². The molecule has 2 aromatic carbocycles. The number of pyridine rings is 1. The van der Waals surface area contributed by atoms with Gasteiger partial charge in [-0.3, -0.25) is 9.88 Å². The maximum atomic E-state index is 12.6. The summed E-state index contributed by atoms with van der Waals surface area (Å²) >= 11 is 6.31. The van der Waals surface area contributed by atoms with Crippen molar-refractivity contribution in [2.45, 2.75) is 18.9 Å². The van der Waals surface area contributed by atoms with Crippen LogP contribution in [-0.2, 0) is 12.8 Å². The highest BCUT2D eigenvalue weighted by atomic mass is 35.5. The fourth-order valence-electron chi connectivity index (χ4n) is 4.57. The molecule has 1 fully saturated rings. The van der Waals surface area contributed by atoms with Crippen molar-refractivity contribution in [2.24, 2.45) is 0 Å². The van der Waals surface area contributed by atoms with E-state index in [1.54, 1.807) is 17.0 Å². The quantitative estimate of drug-likeness (QED) is 0.585. The zero-order valence-electron chi connectivity index (χ0n) is 17.2. The molecule has 1 atom stereocenters. The van der Waals surface area contributed by atoms with Crippen molar-refractivity contribution in [3.8, 4) is 5.75 Å². The van der Waals surface area contributed by atoms with Crippen LogP contribution >= 0.6 is 11.6 Å². The van der Waals surface area contributed by atoms with E-state index in [-0.39, 0.29) is 12.1 Å². The van der Waals surface area contributed by atoms with E-state index in [4.69, 9.17) is 21.3 Å². The lowest BCUT2D eigenvalue weighted by Crippen LogP contribution is -2.50. The number of aryl methyl sites for hydroxylation is 2. The molecular formula is C25H24ClN3O2. The Morgan fingerprint density at radius 3 is 2.52 bits per heavy atom. The zero-order chi connectivity index (χ0) is 21.2. The summed E-state index contributed by atoms with van der Waals surface area (Å²) in [6, 6.07) is 19.7. The minimum atomic E-state index is -0.294. The molecule has 1 amide bonds. The molecule has 0 bridgehead atoms. The summed E-state index contributed by atoms with van der Waals surface area (Å²) in [5.41, 5.74) is 4.94. The van der Waals surface area contributed by atoms with E-state index in [1.807, 2.05) is 36.5 Å². The number of ether oxygens (including phenoxy) is 1. The van der Waals surface area contributed by atoms with Crippen molar-refractivity contribution in [2.75, 3.05) is 26.2 Å². The topological polar surface area (TPSA) is 45.7 Å². The van der Waals surface area contributed by atoms with E-state index < -0.39 is 0 Å². The number of nitrogens with zero attached hydrogens (tertiary/aromatic N) is 3. The highest BCUT2D eigenvalue weighted by Crippen LogP contribution is 2.37. The Morgan fingerprint density at radius 1 is 0.935 bits per heavy atom. The highest BCUT2D eigenvalue weighted by Gasteiger charge is 2.33. The Labute approximate surface area is 187 Å². The molecule has 5 nitrogen and oxygen atoms in total. The number of halogens is 1. The molecule has 6 heteroatoms. The van der Waals surface area contributed by atoms with Gasteiger partial charge in [-0.1, -0.05) is 41.9 Å². The van der Waals surface area contributed by atoms with Gasteiger partial charge in [-0.2, -0.15) is 0 Å². The number of carbonyl (C=O) groups is 1. The molecule has 2 aliphatic rings. The first-order chi connectivity index (χ1) is 15.2. The average Bonchev–Trinajstić information content (AvgIpc) is 2.96. The van der Waals surface area contributed by atoms with E-state index in [9.17, 15) is 4.79 Å². The second kappa shape index (κ2) is 8.69. The normalized spacial score (nSPS) is 18.6. The van der Waals surface area contributed by atoms with Crippen molar-refractivity contribution in [1.29, 1.82) is 0 Å². The average molecular weight is 434 g/mol. The van der Waals surface area contributed by atoms with Gasteiger partial charge < -0.3 is 9.64 Å². The van der Waals surface area contributed by atoms with Gasteiger partial charge in [0.2, 0.25) is 0 Å². The largest absolute Gasteiger partial charge is 0.415 e. The lowest BCUT2D eigenvalue weighted by molar-refractivity contribution is 0.0965. The lowest BCUT2D eigenvalue weighted by Gasteiger charge is -2.39. The van der Waals surface area contributed by atoms with E-state index in [1.165, 1.54) is 16.7 Å². The van der Waals surface area contributed by atoms with Gasteiger partial charge in [0.15, 0.2) is 0 Å². The molecule has 31 heavy (non-hydrogen) atoms. The van der Waals surface area contributed by atoms with Crippen LogP contribution < -0.4 is 4.74 Å². The molecule has 2 heterocycles. The van der Waals surface area contributed by atoms with Gasteiger partial charge in [-0.15, -0.1) is 0 Å². The summed E-state index contributed by atoms with van der Waals surface area (Å²) in [5.74, 6) is 0.572. The maximum absolute atomic E-state index is 12.6. The molecular weight excluding hydrogens is 410 g/mol. The van der Waals surface area contributed by atoms with Crippen LogP contribution in [0.15, 0.2) is 66.9 Å². The van der Waals surface area contributed by atoms with Crippen LogP contribution in [-0.4, -0.2) is 47.1 Å². The smallest absolute Gasteiger partial charge is 0.410 e. The fourth-order valence-corrected chi connectivity index (χ4v) is 4.76. The molecule has 0 radical (unpaired) electrons. The predicted octanol–water partition coefficient (Wildman–Crippen LogP) is 4.74. The minimum Gasteiger partial charge on any atom is -0.410 e. The molecule has 0 saturated carbocycles. The summed E-state index contributed by atoms with van der Waals surface area (Å²) in [5, 5.41) is 0.768. The number of fused-ring (bicyclic) bond motifs is 2. The lowest BCUT2D eigenvalue weighted by atomic mass is 9.96. The second-order valence-corrected chi connectivity index (χ2v) is 8.43. The molecule has 3 aromatic rings. The van der Waals surface area contributed by atoms with Gasteiger partial charge in [-0.25, -0.2) is 4.79 Å². The fraction of sp³-hybridized carbons (Fsp3) is 0.280. The summed E-state index contributed by atoms with van der Waals surface area (Å²) in [4.78, 5) is 21.6. The molecule has 0 spiro atoms. The molecule has 1 aliphatic carbocycles. The van der Waals surface area contributed by atoms with E-state index in [0.29, 0.717) is 18.8 Å². The molecule has 1 aromatic heterocycles.